The molecule has 0 saturated heterocycles. The predicted molar refractivity (Wildman–Crippen MR) is 115 cm³/mol. The lowest BCUT2D eigenvalue weighted by atomic mass is 10.1. The van der Waals surface area contributed by atoms with Gasteiger partial charge in [0.2, 0.25) is 0 Å². The number of ether oxygens (including phenoxy) is 1. The fourth-order valence-corrected chi connectivity index (χ4v) is 2.95. The number of amides is 1. The first-order chi connectivity index (χ1) is 15.1. The zero-order valence-corrected chi connectivity index (χ0v) is 16.7. The highest BCUT2D eigenvalue weighted by Crippen LogP contribution is 2.21. The number of benzene rings is 3. The van der Waals surface area contributed by atoms with Crippen LogP contribution in [0.5, 0.6) is 0 Å². The van der Waals surface area contributed by atoms with E-state index in [9.17, 15) is 9.59 Å². The van der Waals surface area contributed by atoms with Crippen LogP contribution in [-0.2, 0) is 9.53 Å². The lowest BCUT2D eigenvalue weighted by Gasteiger charge is -2.08. The third-order valence-electron chi connectivity index (χ3n) is 4.51. The molecule has 4 aromatic rings. The summed E-state index contributed by atoms with van der Waals surface area (Å²) in [6.07, 6.45) is 0. The Morgan fingerprint density at radius 1 is 0.871 bits per heavy atom. The summed E-state index contributed by atoms with van der Waals surface area (Å²) in [6.45, 7) is 1.34. The normalized spacial score (nSPS) is 10.5. The number of aromatic nitrogens is 2. The minimum Gasteiger partial charge on any atom is -0.452 e. The molecule has 0 spiro atoms. The molecule has 1 N–H and O–H groups in total. The quantitative estimate of drug-likeness (QED) is 0.468. The first-order valence-electron chi connectivity index (χ1n) is 9.62. The molecule has 7 heteroatoms. The van der Waals surface area contributed by atoms with Crippen molar-refractivity contribution in [2.24, 2.45) is 0 Å². The summed E-state index contributed by atoms with van der Waals surface area (Å²) in [5.41, 5.74) is 3.77. The smallest absolute Gasteiger partial charge is 0.338 e. The molecule has 0 saturated carbocycles. The largest absolute Gasteiger partial charge is 0.452 e. The number of nitrogens with zero attached hydrogens (tertiary/aromatic N) is 2. The molecule has 31 heavy (non-hydrogen) atoms. The van der Waals surface area contributed by atoms with Crippen molar-refractivity contribution < 1.29 is 18.8 Å². The molecule has 3 aromatic carbocycles. The molecule has 0 bridgehead atoms. The number of aryl methyl sites for hydroxylation is 1. The third-order valence-corrected chi connectivity index (χ3v) is 4.51. The van der Waals surface area contributed by atoms with E-state index in [4.69, 9.17) is 9.26 Å². The van der Waals surface area contributed by atoms with Crippen LogP contribution in [0.2, 0.25) is 0 Å². The standard InChI is InChI=1S/C24H19N3O4/c1-16-25-23(31-27-16)19-7-9-20(10-8-19)24(29)30-15-22(28)26-21-13-11-18(12-14-21)17-5-3-2-4-6-17/h2-14H,15H2,1H3,(H,26,28). The maximum atomic E-state index is 12.2. The molecule has 7 nitrogen and oxygen atoms in total. The van der Waals surface area contributed by atoms with E-state index in [-0.39, 0.29) is 6.61 Å². The van der Waals surface area contributed by atoms with Gasteiger partial charge in [-0.3, -0.25) is 4.79 Å². The molecule has 1 heterocycles. The summed E-state index contributed by atoms with van der Waals surface area (Å²) in [5, 5.41) is 6.45. The lowest BCUT2D eigenvalue weighted by molar-refractivity contribution is -0.119. The summed E-state index contributed by atoms with van der Waals surface area (Å²) in [4.78, 5) is 28.5. The molecule has 0 radical (unpaired) electrons. The van der Waals surface area contributed by atoms with Gasteiger partial charge in [-0.1, -0.05) is 47.6 Å². The monoisotopic (exact) mass is 413 g/mol. The summed E-state index contributed by atoms with van der Waals surface area (Å²) in [7, 11) is 0. The second kappa shape index (κ2) is 9.04. The van der Waals surface area contributed by atoms with Crippen molar-refractivity contribution >= 4 is 17.6 Å². The maximum Gasteiger partial charge on any atom is 0.338 e. The first kappa shape index (κ1) is 20.0. The molecule has 0 fully saturated rings. The minimum absolute atomic E-state index is 0.319. The summed E-state index contributed by atoms with van der Waals surface area (Å²) in [5.74, 6) is -0.115. The Kier molecular flexibility index (Phi) is 5.84. The number of carbonyl (C=O) groups is 2. The highest BCUT2D eigenvalue weighted by molar-refractivity contribution is 5.95. The molecule has 1 aromatic heterocycles. The molecular formula is C24H19N3O4. The number of hydrogen-bond donors (Lipinski definition) is 1. The minimum atomic E-state index is -0.595. The van der Waals surface area contributed by atoms with Gasteiger partial charge in [-0.25, -0.2) is 4.79 Å². The highest BCUT2D eigenvalue weighted by Gasteiger charge is 2.12. The van der Waals surface area contributed by atoms with Crippen LogP contribution in [0, 0.1) is 6.92 Å². The summed E-state index contributed by atoms with van der Waals surface area (Å²) >= 11 is 0. The second-order valence-electron chi connectivity index (χ2n) is 6.79. The summed E-state index contributed by atoms with van der Waals surface area (Å²) < 4.78 is 10.2. The Morgan fingerprint density at radius 3 is 2.16 bits per heavy atom. The number of hydrogen-bond acceptors (Lipinski definition) is 6. The van der Waals surface area contributed by atoms with E-state index in [2.05, 4.69) is 15.5 Å². The third kappa shape index (κ3) is 5.02. The number of anilines is 1. The van der Waals surface area contributed by atoms with Crippen molar-refractivity contribution in [3.63, 3.8) is 0 Å². The van der Waals surface area contributed by atoms with Crippen LogP contribution >= 0.6 is 0 Å². The van der Waals surface area contributed by atoms with Gasteiger partial charge >= 0.3 is 5.97 Å². The topological polar surface area (TPSA) is 94.3 Å². The van der Waals surface area contributed by atoms with Crippen molar-refractivity contribution in [1.82, 2.24) is 10.1 Å². The van der Waals surface area contributed by atoms with E-state index in [0.29, 0.717) is 28.5 Å². The average Bonchev–Trinajstić information content (AvgIpc) is 3.25. The Labute approximate surface area is 178 Å². The molecule has 0 aliphatic carbocycles. The number of esters is 1. The van der Waals surface area contributed by atoms with Crippen LogP contribution < -0.4 is 5.32 Å². The molecule has 0 atom stereocenters. The van der Waals surface area contributed by atoms with Crippen LogP contribution in [-0.4, -0.2) is 28.6 Å². The van der Waals surface area contributed by atoms with Gasteiger partial charge in [0.15, 0.2) is 12.4 Å². The molecule has 0 aliphatic heterocycles. The Bertz CT molecular complexity index is 1180. The van der Waals surface area contributed by atoms with Crippen molar-refractivity contribution in [3.05, 3.63) is 90.3 Å². The van der Waals surface area contributed by atoms with Gasteiger partial charge in [0.25, 0.3) is 11.8 Å². The predicted octanol–water partition coefficient (Wildman–Crippen LogP) is 4.51. The SMILES string of the molecule is Cc1noc(-c2ccc(C(=O)OCC(=O)Nc3ccc(-c4ccccc4)cc3)cc2)n1. The van der Waals surface area contributed by atoms with Crippen LogP contribution in [0.4, 0.5) is 5.69 Å². The highest BCUT2D eigenvalue weighted by atomic mass is 16.5. The van der Waals surface area contributed by atoms with Crippen molar-refractivity contribution in [2.45, 2.75) is 6.92 Å². The van der Waals surface area contributed by atoms with E-state index in [1.807, 2.05) is 42.5 Å². The Balaban J connectivity index is 1.30. The van der Waals surface area contributed by atoms with Gasteiger partial charge in [-0.05, 0) is 54.4 Å². The number of nitrogens with one attached hydrogen (secondary N) is 1. The average molecular weight is 413 g/mol. The van der Waals surface area contributed by atoms with Gasteiger partial charge < -0.3 is 14.6 Å². The Hall–Kier alpha value is -4.26. The van der Waals surface area contributed by atoms with Crippen molar-refractivity contribution in [3.8, 4) is 22.6 Å². The maximum absolute atomic E-state index is 12.2. The van der Waals surface area contributed by atoms with E-state index >= 15 is 0 Å². The molecule has 4 rings (SSSR count). The van der Waals surface area contributed by atoms with Gasteiger partial charge in [0.05, 0.1) is 5.56 Å². The number of carbonyl (C=O) groups excluding carboxylic acids is 2. The fraction of sp³-hybridized carbons (Fsp3) is 0.0833. The van der Waals surface area contributed by atoms with Crippen LogP contribution in [0.25, 0.3) is 22.6 Å². The van der Waals surface area contributed by atoms with Crippen molar-refractivity contribution in [1.29, 1.82) is 0 Å². The summed E-state index contributed by atoms with van der Waals surface area (Å²) in [6, 6.07) is 23.9. The second-order valence-corrected chi connectivity index (χ2v) is 6.79. The van der Waals surface area contributed by atoms with Crippen LogP contribution in [0.1, 0.15) is 16.2 Å². The fourth-order valence-electron chi connectivity index (χ4n) is 2.95. The molecule has 154 valence electrons. The Morgan fingerprint density at radius 2 is 1.52 bits per heavy atom. The van der Waals surface area contributed by atoms with Gasteiger partial charge in [0.1, 0.15) is 0 Å². The van der Waals surface area contributed by atoms with E-state index < -0.39 is 11.9 Å². The zero-order chi connectivity index (χ0) is 21.6. The number of rotatable bonds is 6. The molecule has 0 aliphatic rings. The van der Waals surface area contributed by atoms with E-state index in [0.717, 1.165) is 11.1 Å². The lowest BCUT2D eigenvalue weighted by Crippen LogP contribution is -2.20. The van der Waals surface area contributed by atoms with Crippen LogP contribution in [0.3, 0.4) is 0 Å². The van der Waals surface area contributed by atoms with E-state index in [1.165, 1.54) is 0 Å². The molecular weight excluding hydrogens is 394 g/mol. The first-order valence-corrected chi connectivity index (χ1v) is 9.62. The van der Waals surface area contributed by atoms with E-state index in [1.54, 1.807) is 43.3 Å². The van der Waals surface area contributed by atoms with Gasteiger partial charge in [-0.2, -0.15) is 4.98 Å². The van der Waals surface area contributed by atoms with Crippen molar-refractivity contribution in [2.75, 3.05) is 11.9 Å². The van der Waals surface area contributed by atoms with Gasteiger partial charge in [-0.15, -0.1) is 0 Å². The van der Waals surface area contributed by atoms with Crippen LogP contribution in [0.15, 0.2) is 83.4 Å². The zero-order valence-electron chi connectivity index (χ0n) is 16.7. The molecule has 0 unspecified atom stereocenters. The van der Waals surface area contributed by atoms with Gasteiger partial charge in [0, 0.05) is 11.3 Å². The molecule has 1 amide bonds.